The summed E-state index contributed by atoms with van der Waals surface area (Å²) in [6.45, 7) is 3.64. The maximum atomic E-state index is 13.3. The third kappa shape index (κ3) is 3.94. The van der Waals surface area contributed by atoms with Gasteiger partial charge in [0.2, 0.25) is 0 Å². The van der Waals surface area contributed by atoms with Crippen molar-refractivity contribution < 1.29 is 4.79 Å². The largest absolute Gasteiger partial charge is 0.384 e. The fourth-order valence-electron chi connectivity index (χ4n) is 3.57. The van der Waals surface area contributed by atoms with E-state index < -0.39 is 22.3 Å². The molecule has 10 nitrogen and oxygen atoms in total. The number of hydrogen-bond donors (Lipinski definition) is 1. The minimum atomic E-state index is -0.732. The Labute approximate surface area is 199 Å². The second-order valence-electron chi connectivity index (χ2n) is 7.75. The summed E-state index contributed by atoms with van der Waals surface area (Å²) in [4.78, 5) is 42.2. The summed E-state index contributed by atoms with van der Waals surface area (Å²) in [5.41, 5.74) is 7.11. The molecule has 0 spiro atoms. The number of aryl methyl sites for hydroxylation is 1. The summed E-state index contributed by atoms with van der Waals surface area (Å²) in [5.74, 6) is -0.0664. The quantitative estimate of drug-likeness (QED) is 0.329. The standard InChI is InChI=1S/C23H23N7O3S/c1-13-7-5-6-8-16(13)30-20(15-9-11-25-12-10-15)26-27-22(30)34-14(2)18(31)17-19(24)28(3)23(33)29(4)21(17)32/h5-12,14H,24H2,1-4H3. The average Bonchev–Trinajstić information content (AvgIpc) is 3.25. The Morgan fingerprint density at radius 1 is 1.03 bits per heavy atom. The molecule has 0 saturated heterocycles. The van der Waals surface area contributed by atoms with Crippen LogP contribution in [0, 0.1) is 6.92 Å². The normalized spacial score (nSPS) is 12.0. The number of pyridine rings is 1. The maximum absolute atomic E-state index is 13.3. The lowest BCUT2D eigenvalue weighted by Crippen LogP contribution is -2.42. The van der Waals surface area contributed by atoms with Gasteiger partial charge in [0, 0.05) is 32.1 Å². The van der Waals surface area contributed by atoms with Gasteiger partial charge in [0.25, 0.3) is 5.56 Å². The number of nitrogens with two attached hydrogens (primary N) is 1. The van der Waals surface area contributed by atoms with E-state index in [0.29, 0.717) is 11.0 Å². The van der Waals surface area contributed by atoms with Crippen LogP contribution in [0.15, 0.2) is 63.5 Å². The zero-order valence-corrected chi connectivity index (χ0v) is 19.9. The van der Waals surface area contributed by atoms with Crippen LogP contribution in [0.4, 0.5) is 5.82 Å². The molecule has 0 aliphatic heterocycles. The molecule has 34 heavy (non-hydrogen) atoms. The van der Waals surface area contributed by atoms with Gasteiger partial charge in [0.1, 0.15) is 11.4 Å². The van der Waals surface area contributed by atoms with Crippen molar-refractivity contribution in [2.75, 3.05) is 5.73 Å². The van der Waals surface area contributed by atoms with E-state index in [1.54, 1.807) is 19.3 Å². The first kappa shape index (κ1) is 23.2. The van der Waals surface area contributed by atoms with Gasteiger partial charge >= 0.3 is 5.69 Å². The predicted octanol–water partition coefficient (Wildman–Crippen LogP) is 1.98. The first-order valence-electron chi connectivity index (χ1n) is 10.4. The number of Topliss-reactive ketones (excluding diaryl/α,β-unsaturated/α-hetero) is 1. The number of anilines is 1. The summed E-state index contributed by atoms with van der Waals surface area (Å²) in [7, 11) is 2.73. The Kier molecular flexibility index (Phi) is 6.20. The van der Waals surface area contributed by atoms with Gasteiger partial charge in [0.15, 0.2) is 16.8 Å². The smallest absolute Gasteiger partial charge is 0.332 e. The van der Waals surface area contributed by atoms with Crippen molar-refractivity contribution in [1.29, 1.82) is 0 Å². The molecule has 1 aromatic carbocycles. The number of carbonyl (C=O) groups excluding carboxylic acids is 1. The van der Waals surface area contributed by atoms with E-state index in [2.05, 4.69) is 15.2 Å². The molecule has 0 aliphatic carbocycles. The van der Waals surface area contributed by atoms with Gasteiger partial charge in [-0.3, -0.25) is 28.3 Å². The molecule has 0 aliphatic rings. The van der Waals surface area contributed by atoms with Gasteiger partial charge in [-0.2, -0.15) is 0 Å². The molecule has 0 saturated carbocycles. The molecule has 0 bridgehead atoms. The van der Waals surface area contributed by atoms with Crippen LogP contribution in [-0.2, 0) is 14.1 Å². The number of aromatic nitrogens is 6. The zero-order valence-electron chi connectivity index (χ0n) is 19.1. The number of para-hydroxylation sites is 1. The highest BCUT2D eigenvalue weighted by Gasteiger charge is 2.28. The van der Waals surface area contributed by atoms with Crippen molar-refractivity contribution in [2.24, 2.45) is 14.1 Å². The molecule has 2 N–H and O–H groups in total. The molecule has 1 atom stereocenters. The molecule has 3 aromatic heterocycles. The fourth-order valence-corrected chi connectivity index (χ4v) is 4.49. The highest BCUT2D eigenvalue weighted by molar-refractivity contribution is 8.00. The van der Waals surface area contributed by atoms with Crippen molar-refractivity contribution in [2.45, 2.75) is 24.3 Å². The minimum absolute atomic E-state index is 0.164. The Morgan fingerprint density at radius 3 is 2.38 bits per heavy atom. The molecule has 4 aromatic rings. The van der Waals surface area contributed by atoms with E-state index in [1.165, 1.54) is 14.1 Å². The van der Waals surface area contributed by atoms with E-state index in [-0.39, 0.29) is 11.4 Å². The molecular formula is C23H23N7O3S. The van der Waals surface area contributed by atoms with Crippen LogP contribution in [0.3, 0.4) is 0 Å². The van der Waals surface area contributed by atoms with Crippen molar-refractivity contribution in [3.63, 3.8) is 0 Å². The topological polar surface area (TPSA) is 131 Å². The summed E-state index contributed by atoms with van der Waals surface area (Å²) >= 11 is 1.16. The lowest BCUT2D eigenvalue weighted by Gasteiger charge is -2.16. The predicted molar refractivity (Wildman–Crippen MR) is 130 cm³/mol. The number of ketones is 1. The van der Waals surface area contributed by atoms with E-state index in [9.17, 15) is 14.4 Å². The minimum Gasteiger partial charge on any atom is -0.384 e. The highest BCUT2D eigenvalue weighted by atomic mass is 32.2. The second-order valence-corrected chi connectivity index (χ2v) is 9.06. The fraction of sp³-hybridized carbons (Fsp3) is 0.217. The number of hydrogen-bond acceptors (Lipinski definition) is 8. The lowest BCUT2D eigenvalue weighted by molar-refractivity contribution is 0.0992. The van der Waals surface area contributed by atoms with Crippen molar-refractivity contribution >= 4 is 23.4 Å². The van der Waals surface area contributed by atoms with Gasteiger partial charge in [0.05, 0.1) is 10.9 Å². The average molecular weight is 478 g/mol. The Balaban J connectivity index is 1.79. The summed E-state index contributed by atoms with van der Waals surface area (Å²) in [5, 5.41) is 8.48. The van der Waals surface area contributed by atoms with Crippen LogP contribution < -0.4 is 17.0 Å². The van der Waals surface area contributed by atoms with E-state index in [1.807, 2.05) is 47.9 Å². The number of nitrogens with zero attached hydrogens (tertiary/aromatic N) is 6. The first-order valence-corrected chi connectivity index (χ1v) is 11.3. The molecular weight excluding hydrogens is 454 g/mol. The van der Waals surface area contributed by atoms with Crippen LogP contribution in [0.5, 0.6) is 0 Å². The molecule has 0 radical (unpaired) electrons. The Hall–Kier alpha value is -3.99. The zero-order chi connectivity index (χ0) is 24.6. The highest BCUT2D eigenvalue weighted by Crippen LogP contribution is 2.32. The number of carbonyl (C=O) groups is 1. The summed E-state index contributed by atoms with van der Waals surface area (Å²) in [6.07, 6.45) is 3.34. The molecule has 4 rings (SSSR count). The van der Waals surface area contributed by atoms with Gasteiger partial charge in [-0.15, -0.1) is 10.2 Å². The molecule has 174 valence electrons. The van der Waals surface area contributed by atoms with Crippen LogP contribution in [0.2, 0.25) is 0 Å². The van der Waals surface area contributed by atoms with Crippen molar-refractivity contribution in [1.82, 2.24) is 28.9 Å². The van der Waals surface area contributed by atoms with Crippen LogP contribution in [0.25, 0.3) is 17.1 Å². The Bertz CT molecular complexity index is 1510. The Morgan fingerprint density at radius 2 is 1.71 bits per heavy atom. The molecule has 3 heterocycles. The maximum Gasteiger partial charge on any atom is 0.332 e. The summed E-state index contributed by atoms with van der Waals surface area (Å²) in [6, 6.07) is 11.4. The molecule has 1 unspecified atom stereocenters. The molecule has 0 fully saturated rings. The van der Waals surface area contributed by atoms with Crippen LogP contribution >= 0.6 is 11.8 Å². The number of nitrogen functional groups attached to an aromatic ring is 1. The first-order chi connectivity index (χ1) is 16.2. The summed E-state index contributed by atoms with van der Waals surface area (Å²) < 4.78 is 3.84. The van der Waals surface area contributed by atoms with Crippen LogP contribution in [0.1, 0.15) is 22.8 Å². The molecule has 0 amide bonds. The third-order valence-electron chi connectivity index (χ3n) is 5.54. The van der Waals surface area contributed by atoms with Gasteiger partial charge < -0.3 is 5.73 Å². The van der Waals surface area contributed by atoms with Gasteiger partial charge in [-0.25, -0.2) is 4.79 Å². The van der Waals surface area contributed by atoms with E-state index >= 15 is 0 Å². The molecule has 11 heteroatoms. The van der Waals surface area contributed by atoms with Crippen molar-refractivity contribution in [3.8, 4) is 17.1 Å². The van der Waals surface area contributed by atoms with Crippen molar-refractivity contribution in [3.05, 3.63) is 80.8 Å². The number of benzene rings is 1. The van der Waals surface area contributed by atoms with Gasteiger partial charge in [-0.05, 0) is 37.6 Å². The van der Waals surface area contributed by atoms with Crippen LogP contribution in [-0.4, -0.2) is 39.9 Å². The van der Waals surface area contributed by atoms with Gasteiger partial charge in [-0.1, -0.05) is 30.0 Å². The van der Waals surface area contributed by atoms with E-state index in [0.717, 1.165) is 37.7 Å². The lowest BCUT2D eigenvalue weighted by atomic mass is 10.1. The SMILES string of the molecule is Cc1ccccc1-n1c(SC(C)C(=O)c2c(N)n(C)c(=O)n(C)c2=O)nnc1-c1ccncc1. The third-order valence-corrected chi connectivity index (χ3v) is 6.58. The number of rotatable bonds is 6. The van der Waals surface area contributed by atoms with E-state index in [4.69, 9.17) is 5.73 Å². The second kappa shape index (κ2) is 9.10. The number of thioether (sulfide) groups is 1. The monoisotopic (exact) mass is 477 g/mol.